The molecule has 1 fully saturated rings. The summed E-state index contributed by atoms with van der Waals surface area (Å²) in [5.74, 6) is -1.34. The van der Waals surface area contributed by atoms with Crippen molar-refractivity contribution in [2.75, 3.05) is 18.4 Å². The minimum absolute atomic E-state index is 0.0970. The molecule has 2 unspecified atom stereocenters. The smallest absolute Gasteiger partial charge is 0.313 e. The maximum Gasteiger partial charge on any atom is 0.313 e. The average molecular weight is 331 g/mol. The van der Waals surface area contributed by atoms with Crippen LogP contribution < -0.4 is 5.32 Å². The Kier molecular flexibility index (Phi) is 5.08. The standard InChI is InChI=1S/C14H16Cl2N2O3/c1-8-6-18(7-9(2)21-8)14(20)13(19)17-12-5-10(15)3-4-11(12)16/h3-5,8-9H,6-7H2,1-2H3,(H,17,19). The van der Waals surface area contributed by atoms with Gasteiger partial charge in [-0.1, -0.05) is 23.2 Å². The molecule has 0 bridgehead atoms. The molecule has 0 spiro atoms. The number of rotatable bonds is 1. The van der Waals surface area contributed by atoms with Gasteiger partial charge in [-0.3, -0.25) is 9.59 Å². The zero-order valence-electron chi connectivity index (χ0n) is 11.7. The first kappa shape index (κ1) is 16.1. The molecule has 1 aromatic rings. The Morgan fingerprint density at radius 1 is 1.24 bits per heavy atom. The second-order valence-electron chi connectivity index (χ2n) is 5.05. The largest absolute Gasteiger partial charge is 0.372 e. The number of morpholine rings is 1. The van der Waals surface area contributed by atoms with E-state index in [1.165, 1.54) is 11.0 Å². The van der Waals surface area contributed by atoms with E-state index in [1.54, 1.807) is 12.1 Å². The van der Waals surface area contributed by atoms with Crippen LogP contribution in [0, 0.1) is 0 Å². The number of carbonyl (C=O) groups is 2. The molecule has 0 saturated carbocycles. The fourth-order valence-electron chi connectivity index (χ4n) is 2.26. The SMILES string of the molecule is CC1CN(C(=O)C(=O)Nc2cc(Cl)ccc2Cl)CC(C)O1. The van der Waals surface area contributed by atoms with Gasteiger partial charge in [0.05, 0.1) is 22.9 Å². The van der Waals surface area contributed by atoms with Gasteiger partial charge in [0.25, 0.3) is 0 Å². The van der Waals surface area contributed by atoms with Crippen molar-refractivity contribution >= 4 is 40.7 Å². The van der Waals surface area contributed by atoms with E-state index < -0.39 is 11.8 Å². The monoisotopic (exact) mass is 330 g/mol. The normalized spacial score (nSPS) is 22.0. The Hall–Kier alpha value is -1.30. The first-order chi connectivity index (χ1) is 9.86. The molecule has 0 aromatic heterocycles. The minimum atomic E-state index is -0.736. The quantitative estimate of drug-likeness (QED) is 0.805. The number of ether oxygens (including phenoxy) is 1. The summed E-state index contributed by atoms with van der Waals surface area (Å²) >= 11 is 11.8. The van der Waals surface area contributed by atoms with Crippen molar-refractivity contribution < 1.29 is 14.3 Å². The highest BCUT2D eigenvalue weighted by Crippen LogP contribution is 2.25. The first-order valence-corrected chi connectivity index (χ1v) is 7.33. The molecule has 2 amide bonds. The van der Waals surface area contributed by atoms with Gasteiger partial charge in [0.2, 0.25) is 0 Å². The summed E-state index contributed by atoms with van der Waals surface area (Å²) in [5, 5.41) is 3.24. The molecule has 114 valence electrons. The summed E-state index contributed by atoms with van der Waals surface area (Å²) in [6.45, 7) is 4.50. The Labute approximate surface area is 133 Å². The first-order valence-electron chi connectivity index (χ1n) is 6.57. The molecule has 2 rings (SSSR count). The molecule has 1 N–H and O–H groups in total. The predicted octanol–water partition coefficient (Wildman–Crippen LogP) is 2.57. The van der Waals surface area contributed by atoms with Crippen LogP contribution in [0.3, 0.4) is 0 Å². The van der Waals surface area contributed by atoms with Gasteiger partial charge in [0, 0.05) is 18.1 Å². The van der Waals surface area contributed by atoms with Crippen molar-refractivity contribution in [1.82, 2.24) is 4.90 Å². The molecule has 1 saturated heterocycles. The highest BCUT2D eigenvalue weighted by Gasteiger charge is 2.29. The molecule has 0 radical (unpaired) electrons. The maximum atomic E-state index is 12.2. The number of halogens is 2. The van der Waals surface area contributed by atoms with Gasteiger partial charge in [-0.2, -0.15) is 0 Å². The number of nitrogens with zero attached hydrogens (tertiary/aromatic N) is 1. The Bertz CT molecular complexity index is 555. The van der Waals surface area contributed by atoms with Crippen LogP contribution in [0.5, 0.6) is 0 Å². The molecule has 2 atom stereocenters. The molecule has 1 aromatic carbocycles. The van der Waals surface area contributed by atoms with Crippen molar-refractivity contribution in [3.8, 4) is 0 Å². The lowest BCUT2D eigenvalue weighted by Crippen LogP contribution is -2.51. The van der Waals surface area contributed by atoms with Gasteiger partial charge in [0.1, 0.15) is 0 Å². The number of carbonyl (C=O) groups excluding carboxylic acids is 2. The van der Waals surface area contributed by atoms with E-state index in [2.05, 4.69) is 5.32 Å². The van der Waals surface area contributed by atoms with Gasteiger partial charge in [0.15, 0.2) is 0 Å². The molecular formula is C14H16Cl2N2O3. The number of anilines is 1. The van der Waals surface area contributed by atoms with Gasteiger partial charge in [-0.05, 0) is 32.0 Å². The van der Waals surface area contributed by atoms with Crippen LogP contribution in [0.15, 0.2) is 18.2 Å². The van der Waals surface area contributed by atoms with Crippen LogP contribution in [0.25, 0.3) is 0 Å². The molecule has 1 aliphatic heterocycles. The van der Waals surface area contributed by atoms with Crippen LogP contribution in [-0.2, 0) is 14.3 Å². The summed E-state index contributed by atoms with van der Waals surface area (Å²) in [6.07, 6.45) is -0.194. The van der Waals surface area contributed by atoms with Crippen LogP contribution in [-0.4, -0.2) is 42.0 Å². The van der Waals surface area contributed by atoms with Crippen molar-refractivity contribution in [3.63, 3.8) is 0 Å². The van der Waals surface area contributed by atoms with Crippen molar-refractivity contribution in [2.45, 2.75) is 26.1 Å². The fraction of sp³-hybridized carbons (Fsp3) is 0.429. The number of nitrogens with one attached hydrogen (secondary N) is 1. The van der Waals surface area contributed by atoms with E-state index in [4.69, 9.17) is 27.9 Å². The molecular weight excluding hydrogens is 315 g/mol. The summed E-state index contributed by atoms with van der Waals surface area (Å²) in [5.41, 5.74) is 0.317. The highest BCUT2D eigenvalue weighted by atomic mass is 35.5. The third-order valence-electron chi connectivity index (χ3n) is 3.08. The third kappa shape index (κ3) is 4.09. The number of hydrogen-bond acceptors (Lipinski definition) is 3. The van der Waals surface area contributed by atoms with E-state index in [1.807, 2.05) is 13.8 Å². The molecule has 7 heteroatoms. The molecule has 0 aliphatic carbocycles. The second kappa shape index (κ2) is 6.64. The summed E-state index contributed by atoms with van der Waals surface area (Å²) in [4.78, 5) is 25.7. The van der Waals surface area contributed by atoms with Crippen LogP contribution in [0.2, 0.25) is 10.0 Å². The summed E-state index contributed by atoms with van der Waals surface area (Å²) in [7, 11) is 0. The molecule has 5 nitrogen and oxygen atoms in total. The molecule has 1 aliphatic rings. The Morgan fingerprint density at radius 3 is 2.48 bits per heavy atom. The highest BCUT2D eigenvalue weighted by molar-refractivity contribution is 6.42. The van der Waals surface area contributed by atoms with Gasteiger partial charge in [-0.15, -0.1) is 0 Å². The van der Waals surface area contributed by atoms with Crippen molar-refractivity contribution in [3.05, 3.63) is 28.2 Å². The van der Waals surface area contributed by atoms with Gasteiger partial charge >= 0.3 is 11.8 Å². The van der Waals surface area contributed by atoms with Gasteiger partial charge < -0.3 is 15.0 Å². The number of hydrogen-bond donors (Lipinski definition) is 1. The van der Waals surface area contributed by atoms with Gasteiger partial charge in [-0.25, -0.2) is 0 Å². The number of benzene rings is 1. The average Bonchev–Trinajstić information content (AvgIpc) is 2.41. The van der Waals surface area contributed by atoms with Crippen LogP contribution in [0.1, 0.15) is 13.8 Å². The number of amides is 2. The lowest BCUT2D eigenvalue weighted by atomic mass is 10.2. The second-order valence-corrected chi connectivity index (χ2v) is 5.89. The molecule has 21 heavy (non-hydrogen) atoms. The zero-order chi connectivity index (χ0) is 15.6. The predicted molar refractivity (Wildman–Crippen MR) is 81.7 cm³/mol. The fourth-order valence-corrected chi connectivity index (χ4v) is 2.59. The van der Waals surface area contributed by atoms with E-state index >= 15 is 0 Å². The van der Waals surface area contributed by atoms with Crippen LogP contribution in [0.4, 0.5) is 5.69 Å². The maximum absolute atomic E-state index is 12.2. The van der Waals surface area contributed by atoms with Crippen molar-refractivity contribution in [1.29, 1.82) is 0 Å². The summed E-state index contributed by atoms with van der Waals surface area (Å²) in [6, 6.07) is 4.66. The Morgan fingerprint density at radius 2 is 1.86 bits per heavy atom. The topological polar surface area (TPSA) is 58.6 Å². The van der Waals surface area contributed by atoms with E-state index in [0.29, 0.717) is 28.8 Å². The zero-order valence-corrected chi connectivity index (χ0v) is 13.2. The minimum Gasteiger partial charge on any atom is -0.372 e. The lowest BCUT2D eigenvalue weighted by molar-refractivity contribution is -0.151. The summed E-state index contributed by atoms with van der Waals surface area (Å²) < 4.78 is 5.54. The van der Waals surface area contributed by atoms with E-state index in [-0.39, 0.29) is 12.2 Å². The Balaban J connectivity index is 2.06. The molecule has 1 heterocycles. The van der Waals surface area contributed by atoms with E-state index in [9.17, 15) is 9.59 Å². The van der Waals surface area contributed by atoms with E-state index in [0.717, 1.165) is 0 Å². The van der Waals surface area contributed by atoms with Crippen molar-refractivity contribution in [2.24, 2.45) is 0 Å². The van der Waals surface area contributed by atoms with Crippen LogP contribution >= 0.6 is 23.2 Å². The lowest BCUT2D eigenvalue weighted by Gasteiger charge is -2.34. The third-order valence-corrected chi connectivity index (χ3v) is 3.64.